The zero-order valence-electron chi connectivity index (χ0n) is 20.6. The summed E-state index contributed by atoms with van der Waals surface area (Å²) >= 11 is 0. The molecule has 0 unspecified atom stereocenters. The number of esters is 1. The summed E-state index contributed by atoms with van der Waals surface area (Å²) in [7, 11) is 1.24. The second-order valence-corrected chi connectivity index (χ2v) is 8.28. The molecule has 0 saturated carbocycles. The number of ether oxygens (including phenoxy) is 1. The third-order valence-corrected chi connectivity index (χ3v) is 5.32. The predicted octanol–water partition coefficient (Wildman–Crippen LogP) is -0.524. The van der Waals surface area contributed by atoms with E-state index in [0.717, 1.165) is 11.1 Å². The van der Waals surface area contributed by atoms with E-state index in [9.17, 15) is 19.2 Å². The van der Waals surface area contributed by atoms with E-state index in [4.69, 9.17) is 5.73 Å². The number of hydrogen-bond acceptors (Lipinski definition) is 8. The van der Waals surface area contributed by atoms with E-state index in [1.165, 1.54) is 21.0 Å². The van der Waals surface area contributed by atoms with Crippen molar-refractivity contribution in [3.05, 3.63) is 71.8 Å². The third-order valence-electron chi connectivity index (χ3n) is 5.32. The summed E-state index contributed by atoms with van der Waals surface area (Å²) in [4.78, 5) is 49.5. The number of rotatable bonds is 13. The van der Waals surface area contributed by atoms with E-state index in [-0.39, 0.29) is 6.42 Å². The van der Waals surface area contributed by atoms with Crippen LogP contribution in [-0.2, 0) is 36.8 Å². The molecule has 0 fully saturated rings. The summed E-state index contributed by atoms with van der Waals surface area (Å²) in [6, 6.07) is 15.0. The molecule has 0 aliphatic heterocycles. The van der Waals surface area contributed by atoms with Crippen LogP contribution in [0.4, 0.5) is 0 Å². The van der Waals surface area contributed by atoms with Crippen molar-refractivity contribution in [2.24, 2.45) is 5.73 Å². The highest BCUT2D eigenvalue weighted by atomic mass is 16.5. The topological polar surface area (TPSA) is 164 Å². The van der Waals surface area contributed by atoms with Gasteiger partial charge in [-0.25, -0.2) is 10.9 Å². The number of methoxy groups -OCH3 is 1. The van der Waals surface area contributed by atoms with E-state index in [0.29, 0.717) is 6.42 Å². The SMILES string of the molecule is COC(=O)[C@@H](C)NNC(=O)[C@H](Cc1ccccc1)NC(=O)[C@@H](C)NNC(=O)[C@@H](N)Cc1ccccc1. The molecule has 0 spiro atoms. The Bertz CT molecular complexity index is 1000. The fraction of sp³-hybridized carbons (Fsp3) is 0.360. The van der Waals surface area contributed by atoms with Crippen molar-refractivity contribution < 1.29 is 23.9 Å². The minimum atomic E-state index is -0.961. The van der Waals surface area contributed by atoms with Crippen LogP contribution in [0.25, 0.3) is 0 Å². The van der Waals surface area contributed by atoms with Gasteiger partial charge in [-0.2, -0.15) is 0 Å². The first-order valence-corrected chi connectivity index (χ1v) is 11.5. The zero-order chi connectivity index (χ0) is 26.5. The van der Waals surface area contributed by atoms with Crippen LogP contribution < -0.4 is 32.8 Å². The molecule has 194 valence electrons. The highest BCUT2D eigenvalue weighted by Crippen LogP contribution is 2.04. The van der Waals surface area contributed by atoms with Crippen LogP contribution in [0.3, 0.4) is 0 Å². The first-order valence-electron chi connectivity index (χ1n) is 11.5. The van der Waals surface area contributed by atoms with Crippen LogP contribution in [0.2, 0.25) is 0 Å². The Balaban J connectivity index is 1.93. The number of hydrazine groups is 2. The Labute approximate surface area is 210 Å². The summed E-state index contributed by atoms with van der Waals surface area (Å²) < 4.78 is 4.62. The van der Waals surface area contributed by atoms with Gasteiger partial charge in [0, 0.05) is 6.42 Å². The molecule has 2 aromatic rings. The van der Waals surface area contributed by atoms with Crippen LogP contribution >= 0.6 is 0 Å². The van der Waals surface area contributed by atoms with Crippen molar-refractivity contribution in [2.75, 3.05) is 7.11 Å². The van der Waals surface area contributed by atoms with Crippen LogP contribution in [-0.4, -0.2) is 55.0 Å². The molecule has 11 nitrogen and oxygen atoms in total. The lowest BCUT2D eigenvalue weighted by Crippen LogP contribution is -2.59. The Kier molecular flexibility index (Phi) is 11.5. The van der Waals surface area contributed by atoms with Crippen molar-refractivity contribution in [1.29, 1.82) is 0 Å². The number of carbonyl (C=O) groups excluding carboxylic acids is 4. The lowest BCUT2D eigenvalue weighted by atomic mass is 10.0. The molecule has 0 aromatic heterocycles. The maximum atomic E-state index is 12.8. The molecule has 2 rings (SSSR count). The minimum absolute atomic E-state index is 0.202. The Morgan fingerprint density at radius 2 is 1.25 bits per heavy atom. The van der Waals surface area contributed by atoms with Crippen molar-refractivity contribution in [1.82, 2.24) is 27.0 Å². The van der Waals surface area contributed by atoms with Crippen molar-refractivity contribution in [2.45, 2.75) is 50.9 Å². The molecular weight excluding hydrogens is 464 g/mol. The molecule has 0 aliphatic rings. The average Bonchev–Trinajstić information content (AvgIpc) is 2.89. The van der Waals surface area contributed by atoms with Gasteiger partial charge < -0.3 is 15.8 Å². The Morgan fingerprint density at radius 1 is 0.750 bits per heavy atom. The lowest BCUT2D eigenvalue weighted by Gasteiger charge is -2.23. The molecule has 0 bridgehead atoms. The highest BCUT2D eigenvalue weighted by Gasteiger charge is 2.25. The van der Waals surface area contributed by atoms with Crippen LogP contribution in [0.15, 0.2) is 60.7 Å². The average molecular weight is 499 g/mol. The lowest BCUT2D eigenvalue weighted by molar-refractivity contribution is -0.143. The van der Waals surface area contributed by atoms with Gasteiger partial charge in [-0.15, -0.1) is 0 Å². The Morgan fingerprint density at radius 3 is 1.81 bits per heavy atom. The van der Waals surface area contributed by atoms with Gasteiger partial charge in [-0.3, -0.25) is 30.0 Å². The number of hydrogen-bond donors (Lipinski definition) is 6. The minimum Gasteiger partial charge on any atom is -0.468 e. The normalized spacial score (nSPS) is 14.0. The molecule has 0 aliphatic carbocycles. The molecule has 36 heavy (non-hydrogen) atoms. The molecule has 7 N–H and O–H groups in total. The van der Waals surface area contributed by atoms with Gasteiger partial charge >= 0.3 is 5.97 Å². The molecule has 4 atom stereocenters. The van der Waals surface area contributed by atoms with Gasteiger partial charge in [0.2, 0.25) is 5.91 Å². The molecule has 0 radical (unpaired) electrons. The fourth-order valence-electron chi connectivity index (χ4n) is 3.16. The monoisotopic (exact) mass is 498 g/mol. The first kappa shape index (κ1) is 28.4. The van der Waals surface area contributed by atoms with Gasteiger partial charge in [0.15, 0.2) is 0 Å². The smallest absolute Gasteiger partial charge is 0.324 e. The third kappa shape index (κ3) is 9.45. The predicted molar refractivity (Wildman–Crippen MR) is 134 cm³/mol. The zero-order valence-corrected chi connectivity index (χ0v) is 20.6. The largest absolute Gasteiger partial charge is 0.468 e. The number of nitrogens with one attached hydrogen (secondary N) is 5. The highest BCUT2D eigenvalue weighted by molar-refractivity contribution is 5.90. The van der Waals surface area contributed by atoms with Crippen LogP contribution in [0, 0.1) is 0 Å². The van der Waals surface area contributed by atoms with E-state index < -0.39 is 47.9 Å². The number of carbonyl (C=O) groups is 4. The summed E-state index contributed by atoms with van der Waals surface area (Å²) in [6.07, 6.45) is 0.541. The molecule has 0 heterocycles. The fourth-order valence-corrected chi connectivity index (χ4v) is 3.16. The van der Waals surface area contributed by atoms with Crippen molar-refractivity contribution in [3.8, 4) is 0 Å². The van der Waals surface area contributed by atoms with Gasteiger partial charge in [0.1, 0.15) is 18.1 Å². The van der Waals surface area contributed by atoms with Crippen LogP contribution in [0.1, 0.15) is 25.0 Å². The summed E-state index contributed by atoms with van der Waals surface area (Å²) in [5, 5.41) is 2.67. The second-order valence-electron chi connectivity index (χ2n) is 8.28. The van der Waals surface area contributed by atoms with E-state index in [2.05, 4.69) is 31.8 Å². The molecule has 11 heteroatoms. The van der Waals surface area contributed by atoms with Crippen LogP contribution in [0.5, 0.6) is 0 Å². The summed E-state index contributed by atoms with van der Waals surface area (Å²) in [5.41, 5.74) is 17.8. The maximum absolute atomic E-state index is 12.8. The van der Waals surface area contributed by atoms with Gasteiger partial charge in [0.25, 0.3) is 11.8 Å². The first-order chi connectivity index (χ1) is 17.2. The second kappa shape index (κ2) is 14.6. The van der Waals surface area contributed by atoms with E-state index in [1.54, 1.807) is 0 Å². The van der Waals surface area contributed by atoms with E-state index in [1.807, 2.05) is 60.7 Å². The number of amides is 3. The van der Waals surface area contributed by atoms with Gasteiger partial charge in [-0.1, -0.05) is 60.7 Å². The Hall–Kier alpha value is -3.80. The molecular formula is C25H34N6O5. The molecule has 3 amide bonds. The van der Waals surface area contributed by atoms with Gasteiger partial charge in [-0.05, 0) is 31.4 Å². The number of nitrogens with two attached hydrogens (primary N) is 1. The molecule has 2 aromatic carbocycles. The quantitative estimate of drug-likeness (QED) is 0.159. The molecule has 0 saturated heterocycles. The van der Waals surface area contributed by atoms with E-state index >= 15 is 0 Å². The number of benzene rings is 2. The van der Waals surface area contributed by atoms with Crippen molar-refractivity contribution >= 4 is 23.7 Å². The maximum Gasteiger partial charge on any atom is 0.324 e. The van der Waals surface area contributed by atoms with Crippen molar-refractivity contribution in [3.63, 3.8) is 0 Å². The van der Waals surface area contributed by atoms with Gasteiger partial charge in [0.05, 0.1) is 13.2 Å². The summed E-state index contributed by atoms with van der Waals surface area (Å²) in [5.74, 6) is -2.11. The summed E-state index contributed by atoms with van der Waals surface area (Å²) in [6.45, 7) is 3.06. The standard InChI is InChI=1S/C25H34N6O5/c1-16(28-30-23(33)20(26)14-18-10-6-4-7-11-18)22(32)27-21(15-19-12-8-5-9-13-19)24(34)31-29-17(2)25(35)36-3/h4-13,16-17,20-21,28-29H,14-15,26H2,1-3H3,(H,27,32)(H,30,33)(H,31,34)/t16-,17-,20+,21+/m1/s1.